The molecule has 186 valence electrons. The van der Waals surface area contributed by atoms with Gasteiger partial charge in [-0.2, -0.15) is 0 Å². The van der Waals surface area contributed by atoms with E-state index in [0.29, 0.717) is 11.6 Å². The molecule has 0 aliphatic carbocycles. The van der Waals surface area contributed by atoms with Gasteiger partial charge in [0.15, 0.2) is 6.61 Å². The van der Waals surface area contributed by atoms with Crippen molar-refractivity contribution in [2.24, 2.45) is 0 Å². The first-order valence-electron chi connectivity index (χ1n) is 11.8. The van der Waals surface area contributed by atoms with Gasteiger partial charge >= 0.3 is 0 Å². The van der Waals surface area contributed by atoms with E-state index >= 15 is 0 Å². The van der Waals surface area contributed by atoms with Crippen LogP contribution in [0.3, 0.4) is 0 Å². The highest BCUT2D eigenvalue weighted by Crippen LogP contribution is 2.29. The molecule has 0 bridgehead atoms. The standard InChI is InChI=1S/C26H37ClN4O3/c1-17-13-23(18(2)19(3)26(17)28)34-16-25(33)30(4)21-9-11-31(12-10-21)24(15-32)29-22-8-6-5-7-20(22)14-27/h5-8,13,21,24,29,32H,9-12,14-16,28H2,1-4H3. The van der Waals surface area contributed by atoms with E-state index < -0.39 is 0 Å². The number of halogens is 1. The van der Waals surface area contributed by atoms with Crippen molar-refractivity contribution in [3.8, 4) is 5.75 Å². The molecule has 0 spiro atoms. The number of nitrogens with one attached hydrogen (secondary N) is 1. The number of likely N-dealkylation sites (tertiary alicyclic amines) is 1. The van der Waals surface area contributed by atoms with Gasteiger partial charge < -0.3 is 25.8 Å². The molecule has 1 amide bonds. The minimum Gasteiger partial charge on any atom is -0.483 e. The second-order valence-electron chi connectivity index (χ2n) is 9.05. The second kappa shape index (κ2) is 11.8. The minimum atomic E-state index is -0.199. The normalized spacial score (nSPS) is 15.7. The van der Waals surface area contributed by atoms with Crippen LogP contribution in [0.25, 0.3) is 0 Å². The van der Waals surface area contributed by atoms with Gasteiger partial charge in [-0.25, -0.2) is 0 Å². The summed E-state index contributed by atoms with van der Waals surface area (Å²) >= 11 is 6.05. The van der Waals surface area contributed by atoms with Crippen molar-refractivity contribution in [3.63, 3.8) is 0 Å². The predicted molar refractivity (Wildman–Crippen MR) is 138 cm³/mol. The molecule has 1 atom stereocenters. The van der Waals surface area contributed by atoms with Gasteiger partial charge in [0.1, 0.15) is 11.9 Å². The molecular weight excluding hydrogens is 452 g/mol. The zero-order valence-corrected chi connectivity index (χ0v) is 21.4. The Bertz CT molecular complexity index is 992. The first kappa shape index (κ1) is 26.1. The smallest absolute Gasteiger partial charge is 0.260 e. The third-order valence-corrected chi connectivity index (χ3v) is 7.28. The third-order valence-electron chi connectivity index (χ3n) is 7.00. The Hall–Kier alpha value is -2.48. The zero-order chi connectivity index (χ0) is 24.8. The first-order valence-corrected chi connectivity index (χ1v) is 12.3. The number of amides is 1. The maximum atomic E-state index is 12.8. The summed E-state index contributed by atoms with van der Waals surface area (Å²) in [7, 11) is 1.84. The number of nitrogen functional groups attached to an aromatic ring is 1. The van der Waals surface area contributed by atoms with Crippen LogP contribution in [0.5, 0.6) is 5.75 Å². The molecule has 4 N–H and O–H groups in total. The number of aliphatic hydroxyl groups excluding tert-OH is 1. The molecule has 1 saturated heterocycles. The summed E-state index contributed by atoms with van der Waals surface area (Å²) in [6.45, 7) is 7.41. The quantitative estimate of drug-likeness (QED) is 0.368. The average Bonchev–Trinajstić information content (AvgIpc) is 2.87. The van der Waals surface area contributed by atoms with E-state index in [1.165, 1.54) is 0 Å². The van der Waals surface area contributed by atoms with Crippen molar-refractivity contribution in [3.05, 3.63) is 52.6 Å². The first-order chi connectivity index (χ1) is 16.3. The summed E-state index contributed by atoms with van der Waals surface area (Å²) in [4.78, 5) is 16.9. The Kier molecular flexibility index (Phi) is 9.05. The number of alkyl halides is 1. The molecule has 0 radical (unpaired) electrons. The van der Waals surface area contributed by atoms with E-state index in [1.807, 2.05) is 58.2 Å². The number of hydrogen-bond acceptors (Lipinski definition) is 6. The van der Waals surface area contributed by atoms with Gasteiger partial charge in [0.2, 0.25) is 0 Å². The van der Waals surface area contributed by atoms with Crippen LogP contribution in [0.2, 0.25) is 0 Å². The molecule has 2 aromatic carbocycles. The van der Waals surface area contributed by atoms with Gasteiger partial charge in [-0.3, -0.25) is 9.69 Å². The molecule has 7 nitrogen and oxygen atoms in total. The lowest BCUT2D eigenvalue weighted by Crippen LogP contribution is -2.52. The largest absolute Gasteiger partial charge is 0.483 e. The van der Waals surface area contributed by atoms with E-state index in [1.54, 1.807) is 4.90 Å². The Labute approximate surface area is 207 Å². The van der Waals surface area contributed by atoms with Crippen LogP contribution < -0.4 is 15.8 Å². The molecule has 1 aliphatic rings. The van der Waals surface area contributed by atoms with Crippen LogP contribution in [0.1, 0.15) is 35.1 Å². The summed E-state index contributed by atoms with van der Waals surface area (Å²) < 4.78 is 5.88. The van der Waals surface area contributed by atoms with Gasteiger partial charge in [-0.05, 0) is 68.0 Å². The second-order valence-corrected chi connectivity index (χ2v) is 9.32. The van der Waals surface area contributed by atoms with Crippen LogP contribution in [0, 0.1) is 20.8 Å². The van der Waals surface area contributed by atoms with Crippen LogP contribution in [-0.2, 0) is 10.7 Å². The summed E-state index contributed by atoms with van der Waals surface area (Å²) in [5.74, 6) is 1.07. The minimum absolute atomic E-state index is 0.00359. The number of carbonyl (C=O) groups is 1. The van der Waals surface area contributed by atoms with E-state index in [0.717, 1.165) is 59.6 Å². The maximum Gasteiger partial charge on any atom is 0.260 e. The highest BCUT2D eigenvalue weighted by molar-refractivity contribution is 6.17. The lowest BCUT2D eigenvalue weighted by Gasteiger charge is -2.40. The fourth-order valence-corrected chi connectivity index (χ4v) is 4.69. The van der Waals surface area contributed by atoms with E-state index in [9.17, 15) is 9.90 Å². The fourth-order valence-electron chi connectivity index (χ4n) is 4.45. The molecule has 34 heavy (non-hydrogen) atoms. The van der Waals surface area contributed by atoms with Crippen LogP contribution in [-0.4, -0.2) is 66.4 Å². The van der Waals surface area contributed by atoms with Gasteiger partial charge in [0, 0.05) is 43.4 Å². The number of nitrogens with zero attached hydrogens (tertiary/aromatic N) is 2. The van der Waals surface area contributed by atoms with Crippen molar-refractivity contribution < 1.29 is 14.6 Å². The Morgan fingerprint density at radius 3 is 2.59 bits per heavy atom. The third kappa shape index (κ3) is 5.95. The topological polar surface area (TPSA) is 91.1 Å². The maximum absolute atomic E-state index is 12.8. The van der Waals surface area contributed by atoms with E-state index in [2.05, 4.69) is 10.2 Å². The van der Waals surface area contributed by atoms with Crippen LogP contribution >= 0.6 is 11.6 Å². The van der Waals surface area contributed by atoms with Gasteiger partial charge in [-0.15, -0.1) is 11.6 Å². The number of nitrogens with two attached hydrogens (primary N) is 1. The number of likely N-dealkylation sites (N-methyl/N-ethyl adjacent to an activating group) is 1. The molecule has 8 heteroatoms. The van der Waals surface area contributed by atoms with Crippen molar-refractivity contribution in [2.75, 3.05) is 44.4 Å². The lowest BCUT2D eigenvalue weighted by atomic mass is 10.0. The molecule has 1 unspecified atom stereocenters. The number of aryl methyl sites for hydroxylation is 1. The van der Waals surface area contributed by atoms with Crippen molar-refractivity contribution in [2.45, 2.75) is 51.7 Å². The Morgan fingerprint density at radius 1 is 1.26 bits per heavy atom. The van der Waals surface area contributed by atoms with Gasteiger partial charge in [0.05, 0.1) is 6.61 Å². The SMILES string of the molecule is Cc1cc(OCC(=O)N(C)C2CCN(C(CO)Nc3ccccc3CCl)CC2)c(C)c(C)c1N. The van der Waals surface area contributed by atoms with E-state index in [-0.39, 0.29) is 31.3 Å². The van der Waals surface area contributed by atoms with Crippen LogP contribution in [0.4, 0.5) is 11.4 Å². The number of para-hydroxylation sites is 1. The molecule has 1 heterocycles. The number of benzene rings is 2. The zero-order valence-electron chi connectivity index (χ0n) is 20.6. The number of carbonyl (C=O) groups excluding carboxylic acids is 1. The Morgan fingerprint density at radius 2 is 1.94 bits per heavy atom. The number of ether oxygens (including phenoxy) is 1. The number of anilines is 2. The summed E-state index contributed by atoms with van der Waals surface area (Å²) in [6.07, 6.45) is 1.46. The fraction of sp³-hybridized carbons (Fsp3) is 0.500. The highest BCUT2D eigenvalue weighted by Gasteiger charge is 2.29. The number of rotatable bonds is 9. The molecule has 0 saturated carbocycles. The molecule has 1 fully saturated rings. The van der Waals surface area contributed by atoms with Crippen molar-refractivity contribution >= 4 is 28.9 Å². The molecule has 2 aromatic rings. The Balaban J connectivity index is 1.53. The highest BCUT2D eigenvalue weighted by atomic mass is 35.5. The predicted octanol–water partition coefficient (Wildman–Crippen LogP) is 3.66. The summed E-state index contributed by atoms with van der Waals surface area (Å²) in [5, 5.41) is 13.4. The molecule has 0 aromatic heterocycles. The van der Waals surface area contributed by atoms with Crippen molar-refractivity contribution in [1.82, 2.24) is 9.80 Å². The van der Waals surface area contributed by atoms with E-state index in [4.69, 9.17) is 22.1 Å². The monoisotopic (exact) mass is 488 g/mol. The molecule has 1 aliphatic heterocycles. The molecule has 3 rings (SSSR count). The number of hydrogen-bond donors (Lipinski definition) is 3. The van der Waals surface area contributed by atoms with Crippen LogP contribution in [0.15, 0.2) is 30.3 Å². The number of aliphatic hydroxyl groups is 1. The molecular formula is C26H37ClN4O3. The van der Waals surface area contributed by atoms with Gasteiger partial charge in [-0.1, -0.05) is 18.2 Å². The average molecular weight is 489 g/mol. The van der Waals surface area contributed by atoms with Crippen molar-refractivity contribution in [1.29, 1.82) is 0 Å². The lowest BCUT2D eigenvalue weighted by molar-refractivity contribution is -0.135. The summed E-state index contributed by atoms with van der Waals surface area (Å²) in [6, 6.07) is 9.90. The van der Waals surface area contributed by atoms with Gasteiger partial charge in [0.25, 0.3) is 5.91 Å². The number of piperidine rings is 1. The summed E-state index contributed by atoms with van der Waals surface area (Å²) in [5.41, 5.74) is 11.7.